The molecule has 0 atom stereocenters. The molecule has 1 nitrogen and oxygen atoms in total. The average Bonchev–Trinajstić information content (AvgIpc) is 3.24. The number of benzene rings is 10. The van der Waals surface area contributed by atoms with Gasteiger partial charge in [-0.3, -0.25) is 0 Å². The molecule has 0 bridgehead atoms. The number of para-hydroxylation sites is 1. The third-order valence-corrected chi connectivity index (χ3v) is 10.6. The second kappa shape index (κ2) is 13.0. The Bertz CT molecular complexity index is 2930. The Kier molecular flexibility index (Phi) is 7.55. The van der Waals surface area contributed by atoms with Crippen LogP contribution in [0.5, 0.6) is 0 Å². The Morgan fingerprint density at radius 3 is 1.55 bits per heavy atom. The first-order chi connectivity index (χ1) is 26.3. The zero-order valence-electron chi connectivity index (χ0n) is 29.2. The number of nitrogens with zero attached hydrogens (tertiary/aromatic N) is 1. The first-order valence-corrected chi connectivity index (χ1v) is 18.3. The van der Waals surface area contributed by atoms with Gasteiger partial charge in [-0.25, -0.2) is 0 Å². The van der Waals surface area contributed by atoms with Crippen molar-refractivity contribution >= 4 is 60.2 Å². The average molecular weight is 674 g/mol. The van der Waals surface area contributed by atoms with Gasteiger partial charge in [0.2, 0.25) is 0 Å². The summed E-state index contributed by atoms with van der Waals surface area (Å²) in [5.74, 6) is 0. The highest BCUT2D eigenvalue weighted by atomic mass is 15.1. The smallest absolute Gasteiger partial charge is 0.0540 e. The van der Waals surface area contributed by atoms with Crippen molar-refractivity contribution in [2.24, 2.45) is 0 Å². The van der Waals surface area contributed by atoms with E-state index in [1.165, 1.54) is 76.5 Å². The van der Waals surface area contributed by atoms with Gasteiger partial charge < -0.3 is 4.90 Å². The molecule has 1 heteroatoms. The monoisotopic (exact) mass is 673 g/mol. The van der Waals surface area contributed by atoms with Crippen LogP contribution in [0.1, 0.15) is 0 Å². The molecule has 0 saturated heterocycles. The van der Waals surface area contributed by atoms with E-state index in [4.69, 9.17) is 0 Å². The molecule has 0 heterocycles. The SMILES string of the molecule is c1ccc(N(c2ccc(-c3ccc4ccccc4c3)cc2)c2ccc(-c3cccc4ccccc34)cc2)c(-c2cc3ccccc3c3ccccc23)c1. The minimum absolute atomic E-state index is 1.10. The summed E-state index contributed by atoms with van der Waals surface area (Å²) in [7, 11) is 0. The molecular weight excluding hydrogens is 639 g/mol. The molecule has 0 amide bonds. The molecule has 53 heavy (non-hydrogen) atoms. The maximum Gasteiger partial charge on any atom is 0.0540 e. The van der Waals surface area contributed by atoms with E-state index in [2.05, 4.69) is 217 Å². The van der Waals surface area contributed by atoms with Crippen LogP contribution in [0.25, 0.3) is 76.5 Å². The lowest BCUT2D eigenvalue weighted by Gasteiger charge is -2.28. The Hall–Kier alpha value is -6.96. The van der Waals surface area contributed by atoms with Gasteiger partial charge in [0.1, 0.15) is 0 Å². The van der Waals surface area contributed by atoms with Crippen LogP contribution in [-0.4, -0.2) is 0 Å². The second-order valence-electron chi connectivity index (χ2n) is 13.7. The van der Waals surface area contributed by atoms with Crippen LogP contribution in [0.3, 0.4) is 0 Å². The second-order valence-corrected chi connectivity index (χ2v) is 13.7. The fourth-order valence-corrected chi connectivity index (χ4v) is 8.04. The number of fused-ring (bicyclic) bond motifs is 5. The van der Waals surface area contributed by atoms with E-state index in [9.17, 15) is 0 Å². The van der Waals surface area contributed by atoms with Crippen LogP contribution in [0, 0.1) is 0 Å². The number of rotatable bonds is 6. The number of hydrogen-bond donors (Lipinski definition) is 0. The van der Waals surface area contributed by atoms with Crippen LogP contribution < -0.4 is 4.90 Å². The molecule has 0 radical (unpaired) electrons. The van der Waals surface area contributed by atoms with Crippen molar-refractivity contribution in [1.29, 1.82) is 0 Å². The van der Waals surface area contributed by atoms with E-state index in [1.807, 2.05) is 0 Å². The lowest BCUT2D eigenvalue weighted by Crippen LogP contribution is -2.11. The normalized spacial score (nSPS) is 11.4. The van der Waals surface area contributed by atoms with Crippen molar-refractivity contribution in [2.45, 2.75) is 0 Å². The number of hydrogen-bond acceptors (Lipinski definition) is 1. The van der Waals surface area contributed by atoms with E-state index in [-0.39, 0.29) is 0 Å². The van der Waals surface area contributed by atoms with Crippen molar-refractivity contribution in [3.63, 3.8) is 0 Å². The third-order valence-electron chi connectivity index (χ3n) is 10.6. The van der Waals surface area contributed by atoms with Gasteiger partial charge in [0, 0.05) is 16.9 Å². The molecule has 0 aliphatic carbocycles. The summed E-state index contributed by atoms with van der Waals surface area (Å²) in [5.41, 5.74) is 10.6. The molecule has 248 valence electrons. The topological polar surface area (TPSA) is 3.24 Å². The minimum atomic E-state index is 1.10. The Balaban J connectivity index is 1.14. The Labute approximate surface area is 309 Å². The first kappa shape index (κ1) is 30.8. The Morgan fingerprint density at radius 1 is 0.245 bits per heavy atom. The zero-order chi connectivity index (χ0) is 35.1. The highest BCUT2D eigenvalue weighted by molar-refractivity contribution is 6.15. The lowest BCUT2D eigenvalue weighted by molar-refractivity contribution is 1.28. The minimum Gasteiger partial charge on any atom is -0.310 e. The van der Waals surface area contributed by atoms with Gasteiger partial charge in [-0.1, -0.05) is 170 Å². The maximum atomic E-state index is 2.41. The van der Waals surface area contributed by atoms with E-state index in [1.54, 1.807) is 0 Å². The predicted molar refractivity (Wildman–Crippen MR) is 227 cm³/mol. The van der Waals surface area contributed by atoms with Gasteiger partial charge in [0.05, 0.1) is 5.69 Å². The van der Waals surface area contributed by atoms with Crippen LogP contribution in [-0.2, 0) is 0 Å². The summed E-state index contributed by atoms with van der Waals surface area (Å²) >= 11 is 0. The van der Waals surface area contributed by atoms with E-state index in [0.29, 0.717) is 0 Å². The molecule has 0 aromatic heterocycles. The standard InChI is InChI=1S/C52H35N/c1-2-14-40-34-41(25-24-36(40)12-1)37-26-30-43(31-27-37)53(44-32-28-39(29-33-44)46-22-11-16-38-13-3-5-17-45(38)46)52-23-10-9-21-50(52)51-35-42-15-4-6-18-47(42)48-19-7-8-20-49(48)51/h1-35H. The van der Waals surface area contributed by atoms with Gasteiger partial charge in [0.25, 0.3) is 0 Å². The van der Waals surface area contributed by atoms with E-state index in [0.717, 1.165) is 17.1 Å². The van der Waals surface area contributed by atoms with Crippen LogP contribution in [0.2, 0.25) is 0 Å². The molecule has 0 aliphatic rings. The predicted octanol–water partition coefficient (Wildman–Crippen LogP) is 14.8. The number of anilines is 3. The molecule has 0 saturated carbocycles. The van der Waals surface area contributed by atoms with Gasteiger partial charge >= 0.3 is 0 Å². The van der Waals surface area contributed by atoms with Gasteiger partial charge in [0.15, 0.2) is 0 Å². The highest BCUT2D eigenvalue weighted by Crippen LogP contribution is 2.45. The van der Waals surface area contributed by atoms with Crippen molar-refractivity contribution < 1.29 is 0 Å². The van der Waals surface area contributed by atoms with Gasteiger partial charge in [-0.05, 0) is 113 Å². The molecule has 10 aromatic rings. The zero-order valence-corrected chi connectivity index (χ0v) is 29.2. The van der Waals surface area contributed by atoms with Crippen LogP contribution in [0.15, 0.2) is 212 Å². The third kappa shape index (κ3) is 5.51. The van der Waals surface area contributed by atoms with Gasteiger partial charge in [-0.2, -0.15) is 0 Å². The van der Waals surface area contributed by atoms with Crippen molar-refractivity contribution in [1.82, 2.24) is 0 Å². The lowest BCUT2D eigenvalue weighted by atomic mass is 9.92. The highest BCUT2D eigenvalue weighted by Gasteiger charge is 2.19. The molecule has 10 aromatic carbocycles. The molecule has 0 aliphatic heterocycles. The van der Waals surface area contributed by atoms with E-state index < -0.39 is 0 Å². The van der Waals surface area contributed by atoms with E-state index >= 15 is 0 Å². The summed E-state index contributed by atoms with van der Waals surface area (Å²) in [6.07, 6.45) is 0. The van der Waals surface area contributed by atoms with Crippen molar-refractivity contribution in [2.75, 3.05) is 4.90 Å². The van der Waals surface area contributed by atoms with Gasteiger partial charge in [-0.15, -0.1) is 0 Å². The first-order valence-electron chi connectivity index (χ1n) is 18.3. The summed E-state index contributed by atoms with van der Waals surface area (Å²) in [6.45, 7) is 0. The van der Waals surface area contributed by atoms with Crippen LogP contribution >= 0.6 is 0 Å². The maximum absolute atomic E-state index is 2.41. The van der Waals surface area contributed by atoms with Crippen LogP contribution in [0.4, 0.5) is 17.1 Å². The molecule has 0 N–H and O–H groups in total. The summed E-state index contributed by atoms with van der Waals surface area (Å²) in [4.78, 5) is 2.41. The molecular formula is C52H35N. The van der Waals surface area contributed by atoms with Crippen molar-refractivity contribution in [3.05, 3.63) is 212 Å². The summed E-state index contributed by atoms with van der Waals surface area (Å²) in [5, 5.41) is 10.0. The Morgan fingerprint density at radius 2 is 0.774 bits per heavy atom. The quantitative estimate of drug-likeness (QED) is 0.159. The molecule has 0 unspecified atom stereocenters. The largest absolute Gasteiger partial charge is 0.310 e. The molecule has 10 rings (SSSR count). The molecule has 0 fully saturated rings. The fraction of sp³-hybridized carbons (Fsp3) is 0. The van der Waals surface area contributed by atoms with Crippen molar-refractivity contribution in [3.8, 4) is 33.4 Å². The summed E-state index contributed by atoms with van der Waals surface area (Å²) in [6, 6.07) is 77.3. The summed E-state index contributed by atoms with van der Waals surface area (Å²) < 4.78 is 0. The molecule has 0 spiro atoms. The fourth-order valence-electron chi connectivity index (χ4n) is 8.04.